The fourth-order valence-electron chi connectivity index (χ4n) is 2.73. The molecule has 0 aromatic carbocycles. The molecule has 0 aliphatic heterocycles. The molecule has 3 nitrogen and oxygen atoms in total. The molecule has 3 heteroatoms. The van der Waals surface area contributed by atoms with Gasteiger partial charge in [0.1, 0.15) is 0 Å². The molecule has 0 aliphatic rings. The van der Waals surface area contributed by atoms with Crippen LogP contribution >= 0.6 is 0 Å². The highest BCUT2D eigenvalue weighted by atomic mass is 16.7. The van der Waals surface area contributed by atoms with Crippen LogP contribution in [0, 0.1) is 11.8 Å². The van der Waals surface area contributed by atoms with Crippen molar-refractivity contribution >= 4 is 6.16 Å². The lowest BCUT2D eigenvalue weighted by Gasteiger charge is -2.25. The third-order valence-corrected chi connectivity index (χ3v) is 4.02. The number of carbonyl (C=O) groups is 1. The molecule has 2 unspecified atom stereocenters. The lowest BCUT2D eigenvalue weighted by molar-refractivity contribution is 0.0643. The molecule has 0 rings (SSSR count). The monoisotopic (exact) mass is 272 g/mol. The standard InChI is InChI=1S/C16H32O3/c1-5-8-9-10-11-14(6-2)15(7-3)12-13-19-16(17)18-4/h14-15H,5-13H2,1-4H3. The molecule has 114 valence electrons. The van der Waals surface area contributed by atoms with Gasteiger partial charge < -0.3 is 9.47 Å². The number of methoxy groups -OCH3 is 1. The zero-order valence-corrected chi connectivity index (χ0v) is 13.2. The minimum Gasteiger partial charge on any atom is -0.438 e. The van der Waals surface area contributed by atoms with Crippen LogP contribution in [0.5, 0.6) is 0 Å². The molecule has 0 bridgehead atoms. The Morgan fingerprint density at radius 1 is 0.947 bits per heavy atom. The Balaban J connectivity index is 3.95. The highest BCUT2D eigenvalue weighted by Gasteiger charge is 2.18. The molecular weight excluding hydrogens is 240 g/mol. The summed E-state index contributed by atoms with van der Waals surface area (Å²) in [6.45, 7) is 7.23. The Morgan fingerprint density at radius 2 is 1.58 bits per heavy atom. The van der Waals surface area contributed by atoms with Crippen LogP contribution in [-0.2, 0) is 9.47 Å². The lowest BCUT2D eigenvalue weighted by atomic mass is 9.82. The second-order valence-corrected chi connectivity index (χ2v) is 5.28. The van der Waals surface area contributed by atoms with Crippen LogP contribution in [0.4, 0.5) is 4.79 Å². The molecule has 19 heavy (non-hydrogen) atoms. The number of hydrogen-bond donors (Lipinski definition) is 0. The average Bonchev–Trinajstić information content (AvgIpc) is 2.44. The first-order valence-corrected chi connectivity index (χ1v) is 7.90. The van der Waals surface area contributed by atoms with Gasteiger partial charge in [0.15, 0.2) is 0 Å². The minimum absolute atomic E-state index is 0.483. The van der Waals surface area contributed by atoms with Crippen molar-refractivity contribution in [2.45, 2.75) is 72.1 Å². The van der Waals surface area contributed by atoms with Gasteiger partial charge >= 0.3 is 6.16 Å². The zero-order valence-electron chi connectivity index (χ0n) is 13.2. The van der Waals surface area contributed by atoms with E-state index in [-0.39, 0.29) is 0 Å². The van der Waals surface area contributed by atoms with Gasteiger partial charge in [-0.1, -0.05) is 65.7 Å². The Hall–Kier alpha value is -0.730. The van der Waals surface area contributed by atoms with Crippen LogP contribution in [0.2, 0.25) is 0 Å². The van der Waals surface area contributed by atoms with E-state index in [0.29, 0.717) is 12.5 Å². The fraction of sp³-hybridized carbons (Fsp3) is 0.938. The van der Waals surface area contributed by atoms with Crippen LogP contribution < -0.4 is 0 Å². The summed E-state index contributed by atoms with van der Waals surface area (Å²) in [6.07, 6.45) is 9.42. The first kappa shape index (κ1) is 18.3. The molecule has 0 aliphatic carbocycles. The van der Waals surface area contributed by atoms with Crippen LogP contribution in [-0.4, -0.2) is 19.9 Å². The van der Waals surface area contributed by atoms with Crippen molar-refractivity contribution in [3.63, 3.8) is 0 Å². The van der Waals surface area contributed by atoms with Crippen molar-refractivity contribution in [3.05, 3.63) is 0 Å². The number of unbranched alkanes of at least 4 members (excludes halogenated alkanes) is 3. The first-order chi connectivity index (χ1) is 9.19. The van der Waals surface area contributed by atoms with Gasteiger partial charge in [-0.05, 0) is 18.3 Å². The quantitative estimate of drug-likeness (QED) is 0.384. The van der Waals surface area contributed by atoms with Crippen molar-refractivity contribution in [2.75, 3.05) is 13.7 Å². The van der Waals surface area contributed by atoms with E-state index in [2.05, 4.69) is 25.5 Å². The second kappa shape index (κ2) is 12.3. The van der Waals surface area contributed by atoms with E-state index < -0.39 is 6.16 Å². The largest absolute Gasteiger partial charge is 0.507 e. The molecule has 0 saturated carbocycles. The van der Waals surface area contributed by atoms with Crippen molar-refractivity contribution in [3.8, 4) is 0 Å². The van der Waals surface area contributed by atoms with Gasteiger partial charge in [-0.2, -0.15) is 0 Å². The predicted molar refractivity (Wildman–Crippen MR) is 79.3 cm³/mol. The molecule has 0 saturated heterocycles. The smallest absolute Gasteiger partial charge is 0.438 e. The van der Waals surface area contributed by atoms with E-state index in [4.69, 9.17) is 4.74 Å². The lowest BCUT2D eigenvalue weighted by Crippen LogP contribution is -2.17. The molecule has 0 fully saturated rings. The van der Waals surface area contributed by atoms with Gasteiger partial charge in [-0.15, -0.1) is 0 Å². The van der Waals surface area contributed by atoms with Crippen molar-refractivity contribution in [1.82, 2.24) is 0 Å². The first-order valence-electron chi connectivity index (χ1n) is 7.90. The SMILES string of the molecule is CCCCCCC(CC)C(CC)CCOC(=O)OC. The summed E-state index contributed by atoms with van der Waals surface area (Å²) in [6, 6.07) is 0. The van der Waals surface area contributed by atoms with Gasteiger partial charge in [0, 0.05) is 0 Å². The van der Waals surface area contributed by atoms with Crippen molar-refractivity contribution in [2.24, 2.45) is 11.8 Å². The Morgan fingerprint density at radius 3 is 2.11 bits per heavy atom. The van der Waals surface area contributed by atoms with Crippen molar-refractivity contribution in [1.29, 1.82) is 0 Å². The Labute approximate surface area is 119 Å². The topological polar surface area (TPSA) is 35.5 Å². The number of ether oxygens (including phenoxy) is 2. The summed E-state index contributed by atoms with van der Waals surface area (Å²) in [5.41, 5.74) is 0. The summed E-state index contributed by atoms with van der Waals surface area (Å²) < 4.78 is 9.48. The Kier molecular flexibility index (Phi) is 11.8. The molecule has 0 N–H and O–H groups in total. The van der Waals surface area contributed by atoms with E-state index in [9.17, 15) is 4.79 Å². The van der Waals surface area contributed by atoms with Gasteiger partial charge in [0.2, 0.25) is 0 Å². The van der Waals surface area contributed by atoms with Gasteiger partial charge in [0.05, 0.1) is 13.7 Å². The molecule has 0 aromatic rings. The van der Waals surface area contributed by atoms with E-state index in [0.717, 1.165) is 18.8 Å². The molecule has 2 atom stereocenters. The summed E-state index contributed by atoms with van der Waals surface area (Å²) in [4.78, 5) is 10.9. The predicted octanol–water partition coefficient (Wildman–Crippen LogP) is 5.18. The maximum Gasteiger partial charge on any atom is 0.507 e. The summed E-state index contributed by atoms with van der Waals surface area (Å²) in [5, 5.41) is 0. The summed E-state index contributed by atoms with van der Waals surface area (Å²) >= 11 is 0. The van der Waals surface area contributed by atoms with Crippen LogP contribution in [0.1, 0.15) is 72.1 Å². The van der Waals surface area contributed by atoms with Gasteiger partial charge in [-0.3, -0.25) is 0 Å². The Bertz CT molecular complexity index is 216. The normalized spacial score (nSPS) is 13.9. The van der Waals surface area contributed by atoms with Crippen molar-refractivity contribution < 1.29 is 14.3 Å². The van der Waals surface area contributed by atoms with Crippen LogP contribution in [0.3, 0.4) is 0 Å². The number of rotatable bonds is 11. The summed E-state index contributed by atoms with van der Waals surface area (Å²) in [7, 11) is 1.35. The minimum atomic E-state index is -0.564. The highest BCUT2D eigenvalue weighted by molar-refractivity contribution is 5.59. The molecule has 0 amide bonds. The van der Waals surface area contributed by atoms with E-state index in [1.165, 1.54) is 45.6 Å². The molecule has 0 aromatic heterocycles. The third-order valence-electron chi connectivity index (χ3n) is 4.02. The molecule has 0 radical (unpaired) electrons. The van der Waals surface area contributed by atoms with E-state index in [1.54, 1.807) is 0 Å². The molecule has 0 spiro atoms. The van der Waals surface area contributed by atoms with E-state index >= 15 is 0 Å². The highest BCUT2D eigenvalue weighted by Crippen LogP contribution is 2.28. The van der Waals surface area contributed by atoms with Crippen LogP contribution in [0.15, 0.2) is 0 Å². The van der Waals surface area contributed by atoms with Gasteiger partial charge in [-0.25, -0.2) is 4.79 Å². The number of carbonyl (C=O) groups excluding carboxylic acids is 1. The molecular formula is C16H32O3. The maximum absolute atomic E-state index is 10.9. The summed E-state index contributed by atoms with van der Waals surface area (Å²) in [5.74, 6) is 1.43. The third kappa shape index (κ3) is 8.90. The maximum atomic E-state index is 10.9. The van der Waals surface area contributed by atoms with E-state index in [1.807, 2.05) is 0 Å². The van der Waals surface area contributed by atoms with Gasteiger partial charge in [0.25, 0.3) is 0 Å². The fourth-order valence-corrected chi connectivity index (χ4v) is 2.73. The second-order valence-electron chi connectivity index (χ2n) is 5.28. The zero-order chi connectivity index (χ0) is 14.5. The average molecular weight is 272 g/mol. The molecule has 0 heterocycles. The number of hydrogen-bond acceptors (Lipinski definition) is 3. The van der Waals surface area contributed by atoms with Crippen LogP contribution in [0.25, 0.3) is 0 Å².